The summed E-state index contributed by atoms with van der Waals surface area (Å²) in [7, 11) is 3.46. The molecule has 0 atom stereocenters. The van der Waals surface area contributed by atoms with Crippen LogP contribution in [-0.4, -0.2) is 26.6 Å². The lowest BCUT2D eigenvalue weighted by atomic mass is 10.2. The molecular weight excluding hydrogens is 318 g/mol. The van der Waals surface area contributed by atoms with E-state index in [1.54, 1.807) is 31.5 Å². The largest absolute Gasteiger partial charge is 0.508 e. The summed E-state index contributed by atoms with van der Waals surface area (Å²) in [5.74, 6) is 0.910. The summed E-state index contributed by atoms with van der Waals surface area (Å²) in [6, 6.07) is 12.6. The Labute approximate surface area is 143 Å². The highest BCUT2D eigenvalue weighted by Gasteiger charge is 2.14. The van der Waals surface area contributed by atoms with Gasteiger partial charge in [-0.05, 0) is 35.9 Å². The van der Waals surface area contributed by atoms with Crippen molar-refractivity contribution in [3.8, 4) is 11.5 Å². The zero-order chi connectivity index (χ0) is 17.6. The first-order valence-corrected chi connectivity index (χ1v) is 7.88. The summed E-state index contributed by atoms with van der Waals surface area (Å²) in [5, 5.41) is 15.6. The number of hydrogen-bond acceptors (Lipinski definition) is 4. The first-order valence-electron chi connectivity index (χ1n) is 7.88. The van der Waals surface area contributed by atoms with Crippen LogP contribution >= 0.6 is 0 Å². The van der Waals surface area contributed by atoms with Gasteiger partial charge in [0.1, 0.15) is 17.0 Å². The Balaban J connectivity index is 1.89. The highest BCUT2D eigenvalue weighted by molar-refractivity contribution is 6.07. The van der Waals surface area contributed by atoms with Crippen LogP contribution < -0.4 is 10.3 Å². The molecule has 0 amide bonds. The molecule has 0 spiro atoms. The molecule has 0 saturated heterocycles. The van der Waals surface area contributed by atoms with E-state index in [2.05, 4.69) is 5.10 Å². The molecular formula is C19H17N3O3. The zero-order valence-corrected chi connectivity index (χ0v) is 13.9. The van der Waals surface area contributed by atoms with Crippen LogP contribution in [0, 0.1) is 0 Å². The van der Waals surface area contributed by atoms with Crippen LogP contribution in [0.25, 0.3) is 21.8 Å². The summed E-state index contributed by atoms with van der Waals surface area (Å²) in [6.07, 6.45) is 1.68. The third-order valence-electron chi connectivity index (χ3n) is 4.45. The van der Waals surface area contributed by atoms with Gasteiger partial charge in [-0.1, -0.05) is 12.1 Å². The average molecular weight is 335 g/mol. The van der Waals surface area contributed by atoms with E-state index in [0.717, 1.165) is 27.6 Å². The average Bonchev–Trinajstić information content (AvgIpc) is 2.90. The molecule has 0 aliphatic rings. The molecule has 1 N–H and O–H groups in total. The number of rotatable bonds is 3. The first-order chi connectivity index (χ1) is 12.1. The Kier molecular flexibility index (Phi) is 3.46. The third kappa shape index (κ3) is 2.42. The third-order valence-corrected chi connectivity index (χ3v) is 4.45. The number of phenols is 1. The van der Waals surface area contributed by atoms with Crippen LogP contribution in [0.4, 0.5) is 0 Å². The SMILES string of the molecule is COc1cccc(Cn2ncc3c4cc(O)ccc4n(C)c3c2=O)c1. The summed E-state index contributed by atoms with van der Waals surface area (Å²) in [4.78, 5) is 12.9. The lowest BCUT2D eigenvalue weighted by Gasteiger charge is -2.07. The van der Waals surface area contributed by atoms with Gasteiger partial charge in [-0.25, -0.2) is 4.68 Å². The molecule has 2 aromatic carbocycles. The Hall–Kier alpha value is -3.28. The van der Waals surface area contributed by atoms with E-state index in [-0.39, 0.29) is 11.3 Å². The molecule has 6 nitrogen and oxygen atoms in total. The molecule has 6 heteroatoms. The van der Waals surface area contributed by atoms with E-state index >= 15 is 0 Å². The van der Waals surface area contributed by atoms with Crippen molar-refractivity contribution in [1.82, 2.24) is 14.3 Å². The normalized spacial score (nSPS) is 11.3. The van der Waals surface area contributed by atoms with Crippen molar-refractivity contribution in [2.24, 2.45) is 7.05 Å². The summed E-state index contributed by atoms with van der Waals surface area (Å²) in [5.41, 5.74) is 2.22. The molecule has 0 unspecified atom stereocenters. The van der Waals surface area contributed by atoms with Gasteiger partial charge in [0.25, 0.3) is 5.56 Å². The molecule has 126 valence electrons. The fourth-order valence-corrected chi connectivity index (χ4v) is 3.21. The van der Waals surface area contributed by atoms with Crippen LogP contribution in [0.2, 0.25) is 0 Å². The Morgan fingerprint density at radius 2 is 2.00 bits per heavy atom. The number of fused-ring (bicyclic) bond motifs is 3. The molecule has 2 aromatic heterocycles. The maximum absolute atomic E-state index is 12.9. The van der Waals surface area contributed by atoms with Gasteiger partial charge in [0.2, 0.25) is 0 Å². The molecule has 2 heterocycles. The Bertz CT molecular complexity index is 1160. The van der Waals surface area contributed by atoms with Crippen molar-refractivity contribution < 1.29 is 9.84 Å². The van der Waals surface area contributed by atoms with E-state index in [0.29, 0.717) is 12.1 Å². The number of aryl methyl sites for hydroxylation is 1. The highest BCUT2D eigenvalue weighted by Crippen LogP contribution is 2.28. The van der Waals surface area contributed by atoms with Gasteiger partial charge in [-0.3, -0.25) is 4.79 Å². The van der Waals surface area contributed by atoms with Crippen LogP contribution in [-0.2, 0) is 13.6 Å². The molecule has 0 aliphatic carbocycles. The molecule has 0 bridgehead atoms. The monoisotopic (exact) mass is 335 g/mol. The molecule has 0 fully saturated rings. The predicted octanol–water partition coefficient (Wildman–Crippen LogP) is 2.65. The number of benzene rings is 2. The lowest BCUT2D eigenvalue weighted by molar-refractivity contribution is 0.414. The molecule has 0 aliphatic heterocycles. The van der Waals surface area contributed by atoms with Crippen molar-refractivity contribution >= 4 is 21.8 Å². The van der Waals surface area contributed by atoms with Crippen molar-refractivity contribution in [1.29, 1.82) is 0 Å². The minimum atomic E-state index is -0.168. The van der Waals surface area contributed by atoms with Gasteiger partial charge < -0.3 is 14.4 Å². The molecule has 0 saturated carbocycles. The van der Waals surface area contributed by atoms with Crippen LogP contribution in [0.15, 0.2) is 53.5 Å². The van der Waals surface area contributed by atoms with Gasteiger partial charge in [-0.2, -0.15) is 5.10 Å². The van der Waals surface area contributed by atoms with E-state index in [1.165, 1.54) is 4.68 Å². The van der Waals surface area contributed by atoms with Crippen molar-refractivity contribution in [3.05, 3.63) is 64.6 Å². The number of aromatic hydroxyl groups is 1. The van der Waals surface area contributed by atoms with Crippen LogP contribution in [0.5, 0.6) is 11.5 Å². The van der Waals surface area contributed by atoms with Gasteiger partial charge in [0.05, 0.1) is 19.9 Å². The summed E-state index contributed by atoms with van der Waals surface area (Å²) in [6.45, 7) is 0.360. The Morgan fingerprint density at radius 3 is 2.80 bits per heavy atom. The van der Waals surface area contributed by atoms with E-state index in [9.17, 15) is 9.90 Å². The minimum Gasteiger partial charge on any atom is -0.508 e. The predicted molar refractivity (Wildman–Crippen MR) is 96.2 cm³/mol. The maximum Gasteiger partial charge on any atom is 0.291 e. The molecule has 4 aromatic rings. The molecule has 25 heavy (non-hydrogen) atoms. The van der Waals surface area contributed by atoms with Crippen molar-refractivity contribution in [2.45, 2.75) is 6.54 Å². The quantitative estimate of drug-likeness (QED) is 0.625. The first kappa shape index (κ1) is 15.3. The smallest absolute Gasteiger partial charge is 0.291 e. The number of methoxy groups -OCH3 is 1. The number of phenolic OH excluding ortho intramolecular Hbond substituents is 1. The maximum atomic E-state index is 12.9. The van der Waals surface area contributed by atoms with E-state index in [1.807, 2.05) is 35.9 Å². The van der Waals surface area contributed by atoms with Crippen LogP contribution in [0.3, 0.4) is 0 Å². The number of ether oxygens (including phenoxy) is 1. The highest BCUT2D eigenvalue weighted by atomic mass is 16.5. The topological polar surface area (TPSA) is 69.3 Å². The zero-order valence-electron chi connectivity index (χ0n) is 13.9. The molecule has 4 rings (SSSR count). The second-order valence-corrected chi connectivity index (χ2v) is 5.98. The van der Waals surface area contributed by atoms with Gasteiger partial charge in [0, 0.05) is 23.3 Å². The number of aromatic nitrogens is 3. The van der Waals surface area contributed by atoms with Crippen molar-refractivity contribution in [2.75, 3.05) is 7.11 Å². The standard InChI is InChI=1S/C19H17N3O3/c1-21-17-7-6-13(23)9-15(17)16-10-20-22(19(24)18(16)21)11-12-4-3-5-14(8-12)25-2/h3-10,23H,11H2,1-2H3. The van der Waals surface area contributed by atoms with Crippen LogP contribution in [0.1, 0.15) is 5.56 Å². The minimum absolute atomic E-state index is 0.167. The van der Waals surface area contributed by atoms with Crippen molar-refractivity contribution in [3.63, 3.8) is 0 Å². The fraction of sp³-hybridized carbons (Fsp3) is 0.158. The Morgan fingerprint density at radius 1 is 1.16 bits per heavy atom. The summed E-state index contributed by atoms with van der Waals surface area (Å²) >= 11 is 0. The van der Waals surface area contributed by atoms with E-state index in [4.69, 9.17) is 4.74 Å². The number of nitrogens with zero attached hydrogens (tertiary/aromatic N) is 3. The fourth-order valence-electron chi connectivity index (χ4n) is 3.21. The summed E-state index contributed by atoms with van der Waals surface area (Å²) < 4.78 is 8.51. The van der Waals surface area contributed by atoms with Gasteiger partial charge >= 0.3 is 0 Å². The number of hydrogen-bond donors (Lipinski definition) is 1. The van der Waals surface area contributed by atoms with E-state index < -0.39 is 0 Å². The second-order valence-electron chi connectivity index (χ2n) is 5.98. The van der Waals surface area contributed by atoms with Gasteiger partial charge in [-0.15, -0.1) is 0 Å². The second kappa shape index (κ2) is 5.66. The van der Waals surface area contributed by atoms with Gasteiger partial charge in [0.15, 0.2) is 0 Å². The molecule has 0 radical (unpaired) electrons. The lowest BCUT2D eigenvalue weighted by Crippen LogP contribution is -2.24.